The minimum absolute atomic E-state index is 0.123. The Kier molecular flexibility index (Phi) is 4.59. The highest BCUT2D eigenvalue weighted by Gasteiger charge is 2.03. The first-order valence-corrected chi connectivity index (χ1v) is 5.78. The molecule has 0 aromatic carbocycles. The van der Waals surface area contributed by atoms with E-state index in [2.05, 4.69) is 10.3 Å². The predicted octanol–water partition coefficient (Wildman–Crippen LogP) is 1.91. The molecule has 14 heavy (non-hydrogen) atoms. The third-order valence-corrected chi connectivity index (χ3v) is 2.67. The first kappa shape index (κ1) is 11.2. The molecule has 1 rings (SSSR count). The number of rotatable bonds is 5. The molecule has 0 radical (unpaired) electrons. The maximum Gasteiger partial charge on any atom is 0.220 e. The van der Waals surface area contributed by atoms with Crippen LogP contribution >= 0.6 is 11.3 Å². The summed E-state index contributed by atoms with van der Waals surface area (Å²) in [5.74, 6) is 0.123. The average molecular weight is 212 g/mol. The Bertz CT molecular complexity index is 296. The molecule has 1 aromatic rings. The van der Waals surface area contributed by atoms with Gasteiger partial charge in [-0.3, -0.25) is 4.79 Å². The molecule has 0 aliphatic heterocycles. The number of nitrogens with one attached hydrogen (secondary N) is 1. The summed E-state index contributed by atoms with van der Waals surface area (Å²) in [6.45, 7) is 4.80. The second-order valence-corrected chi connectivity index (χ2v) is 4.27. The predicted molar refractivity (Wildman–Crippen MR) is 58.5 cm³/mol. The van der Waals surface area contributed by atoms with E-state index in [-0.39, 0.29) is 5.91 Å². The SMILES string of the molecule is CCCNC(=O)CCc1csc(C)n1. The number of thiazole rings is 1. The minimum atomic E-state index is 0.123. The number of nitrogens with zero attached hydrogens (tertiary/aromatic N) is 1. The summed E-state index contributed by atoms with van der Waals surface area (Å²) in [4.78, 5) is 15.5. The average Bonchev–Trinajstić information content (AvgIpc) is 2.58. The van der Waals surface area contributed by atoms with Crippen LogP contribution in [-0.2, 0) is 11.2 Å². The second kappa shape index (κ2) is 5.75. The van der Waals surface area contributed by atoms with Gasteiger partial charge >= 0.3 is 0 Å². The summed E-state index contributed by atoms with van der Waals surface area (Å²) in [6.07, 6.45) is 2.28. The number of carbonyl (C=O) groups is 1. The number of aryl methyl sites for hydroxylation is 2. The van der Waals surface area contributed by atoms with Crippen molar-refractivity contribution in [1.29, 1.82) is 0 Å². The van der Waals surface area contributed by atoms with Crippen molar-refractivity contribution in [3.8, 4) is 0 Å². The van der Waals surface area contributed by atoms with Crippen LogP contribution in [0.25, 0.3) is 0 Å². The fourth-order valence-corrected chi connectivity index (χ4v) is 1.76. The highest BCUT2D eigenvalue weighted by atomic mass is 32.1. The number of hydrogen-bond acceptors (Lipinski definition) is 3. The van der Waals surface area contributed by atoms with Gasteiger partial charge in [0.1, 0.15) is 0 Å². The van der Waals surface area contributed by atoms with Gasteiger partial charge in [0.2, 0.25) is 5.91 Å². The maximum atomic E-state index is 11.2. The van der Waals surface area contributed by atoms with Crippen molar-refractivity contribution in [3.63, 3.8) is 0 Å². The van der Waals surface area contributed by atoms with Crippen molar-refractivity contribution >= 4 is 17.2 Å². The van der Waals surface area contributed by atoms with Gasteiger partial charge < -0.3 is 5.32 Å². The standard InChI is InChI=1S/C10H16N2OS/c1-3-6-11-10(13)5-4-9-7-14-8(2)12-9/h7H,3-6H2,1-2H3,(H,11,13). The van der Waals surface area contributed by atoms with Crippen LogP contribution in [0.15, 0.2) is 5.38 Å². The van der Waals surface area contributed by atoms with E-state index in [4.69, 9.17) is 0 Å². The van der Waals surface area contributed by atoms with Crippen LogP contribution in [0.4, 0.5) is 0 Å². The zero-order chi connectivity index (χ0) is 10.4. The fraction of sp³-hybridized carbons (Fsp3) is 0.600. The molecular weight excluding hydrogens is 196 g/mol. The third-order valence-electron chi connectivity index (χ3n) is 1.85. The molecule has 0 saturated carbocycles. The van der Waals surface area contributed by atoms with Crippen LogP contribution in [0.5, 0.6) is 0 Å². The van der Waals surface area contributed by atoms with Gasteiger partial charge in [-0.15, -0.1) is 11.3 Å². The molecule has 0 unspecified atom stereocenters. The smallest absolute Gasteiger partial charge is 0.220 e. The molecule has 1 N–H and O–H groups in total. The molecule has 1 heterocycles. The quantitative estimate of drug-likeness (QED) is 0.810. The Balaban J connectivity index is 2.23. The normalized spacial score (nSPS) is 10.1. The lowest BCUT2D eigenvalue weighted by Crippen LogP contribution is -2.24. The van der Waals surface area contributed by atoms with Crippen molar-refractivity contribution < 1.29 is 4.79 Å². The zero-order valence-corrected chi connectivity index (χ0v) is 9.49. The van der Waals surface area contributed by atoms with Crippen molar-refractivity contribution in [1.82, 2.24) is 10.3 Å². The topological polar surface area (TPSA) is 42.0 Å². The van der Waals surface area contributed by atoms with Crippen LogP contribution in [0, 0.1) is 6.92 Å². The van der Waals surface area contributed by atoms with Crippen molar-refractivity contribution in [2.24, 2.45) is 0 Å². The highest BCUT2D eigenvalue weighted by molar-refractivity contribution is 7.09. The molecule has 1 amide bonds. The Labute approximate surface area is 88.6 Å². The number of amides is 1. The molecule has 0 bridgehead atoms. The lowest BCUT2D eigenvalue weighted by Gasteiger charge is -2.01. The molecule has 0 saturated heterocycles. The molecular formula is C10H16N2OS. The van der Waals surface area contributed by atoms with E-state index < -0.39 is 0 Å². The van der Waals surface area contributed by atoms with Gasteiger partial charge in [0.25, 0.3) is 0 Å². The Hall–Kier alpha value is -0.900. The highest BCUT2D eigenvalue weighted by Crippen LogP contribution is 2.09. The monoisotopic (exact) mass is 212 g/mol. The molecule has 3 nitrogen and oxygen atoms in total. The van der Waals surface area contributed by atoms with Crippen LogP contribution in [0.2, 0.25) is 0 Å². The van der Waals surface area contributed by atoms with Crippen LogP contribution in [-0.4, -0.2) is 17.4 Å². The summed E-state index contributed by atoms with van der Waals surface area (Å²) in [7, 11) is 0. The van der Waals surface area contributed by atoms with E-state index in [0.717, 1.165) is 30.1 Å². The molecule has 0 spiro atoms. The van der Waals surface area contributed by atoms with Crippen molar-refractivity contribution in [2.75, 3.05) is 6.54 Å². The van der Waals surface area contributed by atoms with Gasteiger partial charge in [-0.05, 0) is 19.8 Å². The Morgan fingerprint density at radius 1 is 1.64 bits per heavy atom. The van der Waals surface area contributed by atoms with Gasteiger partial charge in [-0.1, -0.05) is 6.92 Å². The molecule has 0 fully saturated rings. The molecule has 0 aliphatic carbocycles. The Morgan fingerprint density at radius 3 is 3.00 bits per heavy atom. The summed E-state index contributed by atoms with van der Waals surface area (Å²) >= 11 is 1.63. The van der Waals surface area contributed by atoms with Crippen LogP contribution < -0.4 is 5.32 Å². The lowest BCUT2D eigenvalue weighted by atomic mass is 10.2. The summed E-state index contributed by atoms with van der Waals surface area (Å²) < 4.78 is 0. The number of hydrogen-bond donors (Lipinski definition) is 1. The minimum Gasteiger partial charge on any atom is -0.356 e. The van der Waals surface area contributed by atoms with Crippen molar-refractivity contribution in [3.05, 3.63) is 16.1 Å². The molecule has 0 aliphatic rings. The second-order valence-electron chi connectivity index (χ2n) is 3.21. The van der Waals surface area contributed by atoms with Crippen LogP contribution in [0.3, 0.4) is 0 Å². The zero-order valence-electron chi connectivity index (χ0n) is 8.67. The molecule has 0 atom stereocenters. The van der Waals surface area contributed by atoms with E-state index in [1.165, 1.54) is 0 Å². The third kappa shape index (κ3) is 3.87. The van der Waals surface area contributed by atoms with Gasteiger partial charge in [0.05, 0.1) is 10.7 Å². The molecule has 78 valence electrons. The number of carbonyl (C=O) groups excluding carboxylic acids is 1. The molecule has 4 heteroatoms. The largest absolute Gasteiger partial charge is 0.356 e. The summed E-state index contributed by atoms with van der Waals surface area (Å²) in [5.41, 5.74) is 1.03. The maximum absolute atomic E-state index is 11.2. The fourth-order valence-electron chi connectivity index (χ4n) is 1.12. The van der Waals surface area contributed by atoms with Crippen LogP contribution in [0.1, 0.15) is 30.5 Å². The van der Waals surface area contributed by atoms with E-state index in [1.54, 1.807) is 11.3 Å². The van der Waals surface area contributed by atoms with E-state index in [9.17, 15) is 4.79 Å². The summed E-state index contributed by atoms with van der Waals surface area (Å²) in [6, 6.07) is 0. The lowest BCUT2D eigenvalue weighted by molar-refractivity contribution is -0.121. The van der Waals surface area contributed by atoms with E-state index in [1.807, 2.05) is 19.2 Å². The van der Waals surface area contributed by atoms with Gasteiger partial charge in [0, 0.05) is 18.3 Å². The first-order chi connectivity index (χ1) is 6.72. The van der Waals surface area contributed by atoms with Gasteiger partial charge in [0.15, 0.2) is 0 Å². The van der Waals surface area contributed by atoms with E-state index in [0.29, 0.717) is 6.42 Å². The van der Waals surface area contributed by atoms with Gasteiger partial charge in [-0.2, -0.15) is 0 Å². The molecule has 1 aromatic heterocycles. The van der Waals surface area contributed by atoms with Gasteiger partial charge in [-0.25, -0.2) is 4.98 Å². The van der Waals surface area contributed by atoms with Crippen molar-refractivity contribution in [2.45, 2.75) is 33.1 Å². The number of aromatic nitrogens is 1. The van der Waals surface area contributed by atoms with E-state index >= 15 is 0 Å². The first-order valence-electron chi connectivity index (χ1n) is 4.90. The Morgan fingerprint density at radius 2 is 2.43 bits per heavy atom. The summed E-state index contributed by atoms with van der Waals surface area (Å²) in [5, 5.41) is 5.93.